The predicted molar refractivity (Wildman–Crippen MR) is 37.6 cm³/mol. The second-order valence-corrected chi connectivity index (χ2v) is 2.92. The second kappa shape index (κ2) is 3.30. The fourth-order valence-corrected chi connectivity index (χ4v) is 1.27. The predicted octanol–water partition coefficient (Wildman–Crippen LogP) is 0.457. The Morgan fingerprint density at radius 1 is 1.70 bits per heavy atom. The van der Waals surface area contributed by atoms with Crippen molar-refractivity contribution >= 4 is 0 Å². The molecule has 0 amide bonds. The zero-order chi connectivity index (χ0) is 7.56. The van der Waals surface area contributed by atoms with Crippen molar-refractivity contribution in [2.24, 2.45) is 0 Å². The maximum atomic E-state index is 12.6. The Morgan fingerprint density at radius 2 is 2.40 bits per heavy atom. The molecule has 0 saturated carbocycles. The zero-order valence-corrected chi connectivity index (χ0v) is 6.18. The van der Waals surface area contributed by atoms with Crippen LogP contribution >= 0.6 is 0 Å². The van der Waals surface area contributed by atoms with Crippen LogP contribution in [0.1, 0.15) is 19.8 Å². The fourth-order valence-electron chi connectivity index (χ4n) is 1.27. The van der Waals surface area contributed by atoms with Gasteiger partial charge in [0.25, 0.3) is 0 Å². The molecule has 1 rings (SSSR count). The number of alkyl halides is 1. The Kier molecular flexibility index (Phi) is 2.63. The topological polar surface area (TPSA) is 32.3 Å². The highest BCUT2D eigenvalue weighted by Gasteiger charge is 2.23. The standard InChI is InChI=1S/C7H14FNO/c1-5(10)7-4-6(8)2-3-9-7/h5-7,9-10H,2-4H2,1H3. The first-order valence-corrected chi connectivity index (χ1v) is 3.75. The smallest absolute Gasteiger partial charge is 0.103 e. The van der Waals surface area contributed by atoms with Crippen LogP contribution in [0.3, 0.4) is 0 Å². The van der Waals surface area contributed by atoms with Gasteiger partial charge < -0.3 is 10.4 Å². The molecule has 60 valence electrons. The van der Waals surface area contributed by atoms with E-state index in [9.17, 15) is 4.39 Å². The summed E-state index contributed by atoms with van der Waals surface area (Å²) in [6, 6.07) is -0.0382. The molecule has 0 spiro atoms. The number of aliphatic hydroxyl groups excluding tert-OH is 1. The molecule has 1 heterocycles. The van der Waals surface area contributed by atoms with Crippen molar-refractivity contribution < 1.29 is 9.50 Å². The molecule has 1 aliphatic heterocycles. The van der Waals surface area contributed by atoms with E-state index in [0.717, 1.165) is 0 Å². The van der Waals surface area contributed by atoms with Crippen LogP contribution in [0.4, 0.5) is 4.39 Å². The van der Waals surface area contributed by atoms with E-state index in [-0.39, 0.29) is 6.04 Å². The molecule has 3 unspecified atom stereocenters. The lowest BCUT2D eigenvalue weighted by Gasteiger charge is -2.27. The molecule has 3 atom stereocenters. The molecule has 2 nitrogen and oxygen atoms in total. The summed E-state index contributed by atoms with van der Waals surface area (Å²) >= 11 is 0. The lowest BCUT2D eigenvalue weighted by atomic mass is 9.99. The van der Waals surface area contributed by atoms with Crippen molar-refractivity contribution in [2.45, 2.75) is 38.1 Å². The largest absolute Gasteiger partial charge is 0.392 e. The van der Waals surface area contributed by atoms with Gasteiger partial charge in [-0.2, -0.15) is 0 Å². The molecule has 10 heavy (non-hydrogen) atoms. The van der Waals surface area contributed by atoms with E-state index in [2.05, 4.69) is 5.32 Å². The van der Waals surface area contributed by atoms with Crippen molar-refractivity contribution in [3.63, 3.8) is 0 Å². The fraction of sp³-hybridized carbons (Fsp3) is 1.00. The molecule has 1 fully saturated rings. The highest BCUT2D eigenvalue weighted by molar-refractivity contribution is 4.81. The maximum Gasteiger partial charge on any atom is 0.103 e. The van der Waals surface area contributed by atoms with E-state index >= 15 is 0 Å². The highest BCUT2D eigenvalue weighted by atomic mass is 19.1. The van der Waals surface area contributed by atoms with Crippen LogP contribution in [0.15, 0.2) is 0 Å². The number of rotatable bonds is 1. The first-order valence-electron chi connectivity index (χ1n) is 3.75. The Hall–Kier alpha value is -0.150. The van der Waals surface area contributed by atoms with E-state index in [1.165, 1.54) is 0 Å². The summed E-state index contributed by atoms with van der Waals surface area (Å²) in [5.41, 5.74) is 0. The van der Waals surface area contributed by atoms with Crippen molar-refractivity contribution in [3.8, 4) is 0 Å². The van der Waals surface area contributed by atoms with Gasteiger partial charge in [-0.05, 0) is 26.3 Å². The van der Waals surface area contributed by atoms with Crippen LogP contribution in [0, 0.1) is 0 Å². The summed E-state index contributed by atoms with van der Waals surface area (Å²) in [5.74, 6) is 0. The minimum Gasteiger partial charge on any atom is -0.392 e. The number of aliphatic hydroxyl groups is 1. The molecule has 1 saturated heterocycles. The van der Waals surface area contributed by atoms with E-state index in [1.807, 2.05) is 0 Å². The Balaban J connectivity index is 2.32. The molecule has 0 aliphatic carbocycles. The third kappa shape index (κ3) is 1.92. The lowest BCUT2D eigenvalue weighted by molar-refractivity contribution is 0.101. The van der Waals surface area contributed by atoms with Crippen LogP contribution in [0.5, 0.6) is 0 Å². The van der Waals surface area contributed by atoms with E-state index in [4.69, 9.17) is 5.11 Å². The zero-order valence-electron chi connectivity index (χ0n) is 6.18. The number of hydrogen-bond acceptors (Lipinski definition) is 2. The number of nitrogens with one attached hydrogen (secondary N) is 1. The van der Waals surface area contributed by atoms with E-state index in [0.29, 0.717) is 19.4 Å². The first-order chi connectivity index (χ1) is 4.70. The lowest BCUT2D eigenvalue weighted by Crippen LogP contribution is -2.45. The van der Waals surface area contributed by atoms with Crippen LogP contribution in [-0.4, -0.2) is 30.0 Å². The molecule has 1 aliphatic rings. The van der Waals surface area contributed by atoms with Gasteiger partial charge in [0.2, 0.25) is 0 Å². The van der Waals surface area contributed by atoms with Gasteiger partial charge in [-0.25, -0.2) is 4.39 Å². The summed E-state index contributed by atoms with van der Waals surface area (Å²) in [7, 11) is 0. The maximum absolute atomic E-state index is 12.6. The minimum atomic E-state index is -0.721. The summed E-state index contributed by atoms with van der Waals surface area (Å²) in [5, 5.41) is 12.1. The third-order valence-electron chi connectivity index (χ3n) is 1.96. The second-order valence-electron chi connectivity index (χ2n) is 2.92. The Morgan fingerprint density at radius 3 is 2.80 bits per heavy atom. The average Bonchev–Trinajstić information content (AvgIpc) is 1.88. The normalized spacial score (nSPS) is 37.5. The first kappa shape index (κ1) is 7.95. The van der Waals surface area contributed by atoms with E-state index < -0.39 is 12.3 Å². The van der Waals surface area contributed by atoms with Gasteiger partial charge in [-0.15, -0.1) is 0 Å². The van der Waals surface area contributed by atoms with Crippen molar-refractivity contribution in [3.05, 3.63) is 0 Å². The molecule has 0 radical (unpaired) electrons. The molecule has 2 N–H and O–H groups in total. The van der Waals surface area contributed by atoms with Gasteiger partial charge in [-0.1, -0.05) is 0 Å². The molecule has 0 aromatic carbocycles. The van der Waals surface area contributed by atoms with Gasteiger partial charge >= 0.3 is 0 Å². The van der Waals surface area contributed by atoms with Gasteiger partial charge in [0, 0.05) is 6.04 Å². The Labute approximate surface area is 60.4 Å². The van der Waals surface area contributed by atoms with Crippen molar-refractivity contribution in [1.82, 2.24) is 5.32 Å². The third-order valence-corrected chi connectivity index (χ3v) is 1.96. The monoisotopic (exact) mass is 147 g/mol. The molecule has 0 aromatic heterocycles. The van der Waals surface area contributed by atoms with Gasteiger partial charge in [0.1, 0.15) is 6.17 Å². The van der Waals surface area contributed by atoms with Gasteiger partial charge in [0.05, 0.1) is 6.10 Å². The van der Waals surface area contributed by atoms with Crippen molar-refractivity contribution in [1.29, 1.82) is 0 Å². The summed E-state index contributed by atoms with van der Waals surface area (Å²) in [6.07, 6.45) is -0.111. The Bertz CT molecular complexity index is 108. The van der Waals surface area contributed by atoms with Gasteiger partial charge in [-0.3, -0.25) is 0 Å². The number of hydrogen-bond donors (Lipinski definition) is 2. The summed E-state index contributed by atoms with van der Waals surface area (Å²) in [4.78, 5) is 0. The molecule has 3 heteroatoms. The molecular formula is C7H14FNO. The molecule has 0 bridgehead atoms. The molecule has 0 aromatic rings. The number of piperidine rings is 1. The summed E-state index contributed by atoms with van der Waals surface area (Å²) in [6.45, 7) is 2.38. The highest BCUT2D eigenvalue weighted by Crippen LogP contribution is 2.13. The van der Waals surface area contributed by atoms with E-state index in [1.54, 1.807) is 6.92 Å². The average molecular weight is 147 g/mol. The van der Waals surface area contributed by atoms with Crippen LogP contribution in [0.25, 0.3) is 0 Å². The number of halogens is 1. The van der Waals surface area contributed by atoms with Crippen LogP contribution in [0.2, 0.25) is 0 Å². The van der Waals surface area contributed by atoms with Crippen molar-refractivity contribution in [2.75, 3.05) is 6.54 Å². The SMILES string of the molecule is CC(O)C1CC(F)CCN1. The summed E-state index contributed by atoms with van der Waals surface area (Å²) < 4.78 is 12.6. The van der Waals surface area contributed by atoms with Crippen LogP contribution < -0.4 is 5.32 Å². The molecular weight excluding hydrogens is 133 g/mol. The van der Waals surface area contributed by atoms with Crippen LogP contribution in [-0.2, 0) is 0 Å². The van der Waals surface area contributed by atoms with Gasteiger partial charge in [0.15, 0.2) is 0 Å². The minimum absolute atomic E-state index is 0.0382. The quantitative estimate of drug-likeness (QED) is 0.564.